The second-order valence-electron chi connectivity index (χ2n) is 6.01. The summed E-state index contributed by atoms with van der Waals surface area (Å²) in [6.45, 7) is 6.86. The minimum absolute atomic E-state index is 0.294. The molecule has 0 amide bonds. The number of nitrogens with zero attached hydrogens (tertiary/aromatic N) is 2. The van der Waals surface area contributed by atoms with Gasteiger partial charge >= 0.3 is 0 Å². The van der Waals surface area contributed by atoms with E-state index in [9.17, 15) is 0 Å². The predicted octanol–water partition coefficient (Wildman–Crippen LogP) is 4.23. The Bertz CT molecular complexity index is 589. The van der Waals surface area contributed by atoms with E-state index >= 15 is 0 Å². The molecule has 1 fully saturated rings. The van der Waals surface area contributed by atoms with Crippen LogP contribution in [0.15, 0.2) is 36.5 Å². The molecule has 0 saturated carbocycles. The Kier molecular flexibility index (Phi) is 3.25. The molecule has 1 aliphatic rings. The minimum atomic E-state index is 0.294. The summed E-state index contributed by atoms with van der Waals surface area (Å²) in [5, 5.41) is 1.26. The van der Waals surface area contributed by atoms with Gasteiger partial charge in [-0.25, -0.2) is 0 Å². The second-order valence-corrected chi connectivity index (χ2v) is 7.12. The summed E-state index contributed by atoms with van der Waals surface area (Å²) >= 11 is 3.82. The van der Waals surface area contributed by atoms with Gasteiger partial charge in [0.05, 0.1) is 5.52 Å². The average Bonchev–Trinajstić information content (AvgIpc) is 2.41. The van der Waals surface area contributed by atoms with Gasteiger partial charge in [-0.1, -0.05) is 48.0 Å². The van der Waals surface area contributed by atoms with E-state index < -0.39 is 0 Å². The van der Waals surface area contributed by atoms with E-state index in [4.69, 9.17) is 0 Å². The SMILES string of the molecule is CC1(C)CN(c2ccnc3ccccc23)CCC1Br. The molecule has 3 rings (SSSR count). The highest BCUT2D eigenvalue weighted by molar-refractivity contribution is 9.09. The van der Waals surface area contributed by atoms with Crippen molar-refractivity contribution in [2.75, 3.05) is 18.0 Å². The van der Waals surface area contributed by atoms with Gasteiger partial charge in [0.1, 0.15) is 0 Å². The van der Waals surface area contributed by atoms with Crippen molar-refractivity contribution in [3.05, 3.63) is 36.5 Å². The molecule has 0 aliphatic carbocycles. The van der Waals surface area contributed by atoms with Crippen molar-refractivity contribution in [2.24, 2.45) is 5.41 Å². The first-order chi connectivity index (χ1) is 9.08. The maximum absolute atomic E-state index is 4.45. The molecule has 100 valence electrons. The quantitative estimate of drug-likeness (QED) is 0.731. The zero-order valence-corrected chi connectivity index (χ0v) is 13.0. The number of benzene rings is 1. The fourth-order valence-corrected chi connectivity index (χ4v) is 3.24. The topological polar surface area (TPSA) is 16.1 Å². The first kappa shape index (κ1) is 12.9. The van der Waals surface area contributed by atoms with Crippen LogP contribution in [0.4, 0.5) is 5.69 Å². The number of halogens is 1. The number of pyridine rings is 1. The van der Waals surface area contributed by atoms with Crippen molar-refractivity contribution in [1.29, 1.82) is 0 Å². The number of fused-ring (bicyclic) bond motifs is 1. The van der Waals surface area contributed by atoms with E-state index in [1.165, 1.54) is 17.5 Å². The van der Waals surface area contributed by atoms with E-state index in [2.05, 4.69) is 63.9 Å². The molecule has 0 radical (unpaired) electrons. The number of alkyl halides is 1. The van der Waals surface area contributed by atoms with Crippen LogP contribution in [0.3, 0.4) is 0 Å². The first-order valence-electron chi connectivity index (χ1n) is 6.81. The molecular formula is C16H19BrN2. The van der Waals surface area contributed by atoms with Crippen molar-refractivity contribution >= 4 is 32.5 Å². The largest absolute Gasteiger partial charge is 0.370 e. The lowest BCUT2D eigenvalue weighted by atomic mass is 9.83. The maximum atomic E-state index is 4.45. The summed E-state index contributed by atoms with van der Waals surface area (Å²) in [6, 6.07) is 10.5. The summed E-state index contributed by atoms with van der Waals surface area (Å²) in [6.07, 6.45) is 3.11. The monoisotopic (exact) mass is 318 g/mol. The fourth-order valence-electron chi connectivity index (χ4n) is 2.89. The Morgan fingerprint density at radius 3 is 2.84 bits per heavy atom. The summed E-state index contributed by atoms with van der Waals surface area (Å²) in [7, 11) is 0. The summed E-state index contributed by atoms with van der Waals surface area (Å²) in [4.78, 5) is 7.56. The highest BCUT2D eigenvalue weighted by atomic mass is 79.9. The molecule has 0 bridgehead atoms. The van der Waals surface area contributed by atoms with Crippen LogP contribution in [0, 0.1) is 5.41 Å². The molecule has 2 heterocycles. The zero-order valence-electron chi connectivity index (χ0n) is 11.4. The summed E-state index contributed by atoms with van der Waals surface area (Å²) < 4.78 is 0. The van der Waals surface area contributed by atoms with Crippen LogP contribution in [0.2, 0.25) is 0 Å². The molecule has 0 N–H and O–H groups in total. The molecule has 3 heteroatoms. The minimum Gasteiger partial charge on any atom is -0.370 e. The third-order valence-corrected chi connectivity index (χ3v) is 5.76. The molecule has 1 aromatic heterocycles. The van der Waals surface area contributed by atoms with Gasteiger partial charge in [0.15, 0.2) is 0 Å². The Morgan fingerprint density at radius 1 is 1.26 bits per heavy atom. The summed E-state index contributed by atoms with van der Waals surface area (Å²) in [5.41, 5.74) is 2.69. The van der Waals surface area contributed by atoms with Crippen molar-refractivity contribution in [2.45, 2.75) is 25.1 Å². The van der Waals surface area contributed by atoms with Gasteiger partial charge in [0, 0.05) is 35.2 Å². The average molecular weight is 319 g/mol. The van der Waals surface area contributed by atoms with Gasteiger partial charge < -0.3 is 4.90 Å². The standard InChI is InChI=1S/C16H19BrN2/c1-16(2)11-19(10-8-15(16)17)14-7-9-18-13-6-4-3-5-12(13)14/h3-7,9,15H,8,10-11H2,1-2H3. The fraction of sp³-hybridized carbons (Fsp3) is 0.438. The molecule has 2 aromatic rings. The number of anilines is 1. The molecule has 0 spiro atoms. The lowest BCUT2D eigenvalue weighted by Crippen LogP contribution is -2.46. The van der Waals surface area contributed by atoms with E-state index in [1.54, 1.807) is 0 Å². The van der Waals surface area contributed by atoms with Crippen LogP contribution in [0.5, 0.6) is 0 Å². The third kappa shape index (κ3) is 2.36. The number of piperidine rings is 1. The molecule has 1 atom stereocenters. The van der Waals surface area contributed by atoms with E-state index in [-0.39, 0.29) is 0 Å². The first-order valence-corrected chi connectivity index (χ1v) is 7.72. The van der Waals surface area contributed by atoms with Crippen LogP contribution < -0.4 is 4.90 Å². The molecule has 1 saturated heterocycles. The van der Waals surface area contributed by atoms with Crippen LogP contribution in [0.1, 0.15) is 20.3 Å². The lowest BCUT2D eigenvalue weighted by molar-refractivity contribution is 0.310. The molecule has 1 aliphatic heterocycles. The van der Waals surface area contributed by atoms with Crippen molar-refractivity contribution in [3.8, 4) is 0 Å². The number of para-hydroxylation sites is 1. The van der Waals surface area contributed by atoms with E-state index in [0.29, 0.717) is 10.2 Å². The van der Waals surface area contributed by atoms with Gasteiger partial charge in [-0.2, -0.15) is 0 Å². The number of rotatable bonds is 1. The van der Waals surface area contributed by atoms with Crippen molar-refractivity contribution in [3.63, 3.8) is 0 Å². The smallest absolute Gasteiger partial charge is 0.0722 e. The van der Waals surface area contributed by atoms with E-state index in [0.717, 1.165) is 18.6 Å². The Hall–Kier alpha value is -1.09. The summed E-state index contributed by atoms with van der Waals surface area (Å²) in [5.74, 6) is 0. The number of aromatic nitrogens is 1. The van der Waals surface area contributed by atoms with Crippen molar-refractivity contribution < 1.29 is 0 Å². The third-order valence-electron chi connectivity index (χ3n) is 4.07. The van der Waals surface area contributed by atoms with Crippen LogP contribution in [-0.4, -0.2) is 22.9 Å². The van der Waals surface area contributed by atoms with Gasteiger partial charge in [-0.15, -0.1) is 0 Å². The molecule has 1 aromatic carbocycles. The molecular weight excluding hydrogens is 300 g/mol. The predicted molar refractivity (Wildman–Crippen MR) is 85.1 cm³/mol. The maximum Gasteiger partial charge on any atom is 0.0722 e. The van der Waals surface area contributed by atoms with E-state index in [1.807, 2.05) is 12.3 Å². The second kappa shape index (κ2) is 4.78. The lowest BCUT2D eigenvalue weighted by Gasteiger charge is -2.43. The van der Waals surface area contributed by atoms with Gasteiger partial charge in [-0.05, 0) is 24.0 Å². The van der Waals surface area contributed by atoms with Crippen LogP contribution in [0.25, 0.3) is 10.9 Å². The highest BCUT2D eigenvalue weighted by Gasteiger charge is 2.34. The van der Waals surface area contributed by atoms with Crippen molar-refractivity contribution in [1.82, 2.24) is 4.98 Å². The van der Waals surface area contributed by atoms with Gasteiger partial charge in [0.25, 0.3) is 0 Å². The Morgan fingerprint density at radius 2 is 2.05 bits per heavy atom. The number of hydrogen-bond acceptors (Lipinski definition) is 2. The Labute approximate surface area is 123 Å². The van der Waals surface area contributed by atoms with Crippen LogP contribution in [-0.2, 0) is 0 Å². The van der Waals surface area contributed by atoms with Gasteiger partial charge in [0.2, 0.25) is 0 Å². The molecule has 19 heavy (non-hydrogen) atoms. The zero-order chi connectivity index (χ0) is 13.5. The molecule has 2 nitrogen and oxygen atoms in total. The number of hydrogen-bond donors (Lipinski definition) is 0. The molecule has 1 unspecified atom stereocenters. The Balaban J connectivity index is 2.01. The normalized spacial score (nSPS) is 22.7. The highest BCUT2D eigenvalue weighted by Crippen LogP contribution is 2.38. The van der Waals surface area contributed by atoms with Gasteiger partial charge in [-0.3, -0.25) is 4.98 Å². The van der Waals surface area contributed by atoms with Crippen LogP contribution >= 0.6 is 15.9 Å².